The van der Waals surface area contributed by atoms with E-state index in [0.29, 0.717) is 5.56 Å². The van der Waals surface area contributed by atoms with Crippen LogP contribution in [0.25, 0.3) is 0 Å². The fraction of sp³-hybridized carbons (Fsp3) is 0.516. The lowest BCUT2D eigenvalue weighted by molar-refractivity contribution is -0.137. The number of nitrogens with one attached hydrogen (secondary N) is 2. The van der Waals surface area contributed by atoms with Gasteiger partial charge in [-0.1, -0.05) is 37.2 Å². The van der Waals surface area contributed by atoms with E-state index in [9.17, 15) is 32.7 Å². The highest BCUT2D eigenvalue weighted by atomic mass is 19.4. The van der Waals surface area contributed by atoms with Gasteiger partial charge in [0, 0.05) is 32.5 Å². The molecule has 0 radical (unpaired) electrons. The van der Waals surface area contributed by atoms with E-state index in [1.807, 2.05) is 38.9 Å². The predicted octanol–water partition coefficient (Wildman–Crippen LogP) is 0.900. The second kappa shape index (κ2) is 14.9. The van der Waals surface area contributed by atoms with Crippen molar-refractivity contribution in [2.24, 2.45) is 17.2 Å². The summed E-state index contributed by atoms with van der Waals surface area (Å²) in [6.07, 6.45) is -4.30. The quantitative estimate of drug-likeness (QED) is 0.156. The molecule has 1 heterocycles. The van der Waals surface area contributed by atoms with Crippen LogP contribution in [0.1, 0.15) is 55.4 Å². The number of Topliss-reactive ketones (excluding diaryl/α,β-unsaturated/α-hetero) is 1. The third-order valence-electron chi connectivity index (χ3n) is 8.15. The Morgan fingerprint density at radius 2 is 1.64 bits per heavy atom. The van der Waals surface area contributed by atoms with Crippen LogP contribution in [0.5, 0.6) is 0 Å². The molecule has 0 saturated carbocycles. The van der Waals surface area contributed by atoms with Crippen molar-refractivity contribution in [3.05, 3.63) is 64.7 Å². The highest BCUT2D eigenvalue weighted by Crippen LogP contribution is 2.31. The molecular formula is C31H43BF3N5O5. The summed E-state index contributed by atoms with van der Waals surface area (Å²) in [7, 11) is 0. The van der Waals surface area contributed by atoms with Gasteiger partial charge in [0.05, 0.1) is 23.2 Å². The number of aryl methyl sites for hydroxylation is 1. The van der Waals surface area contributed by atoms with Crippen LogP contribution in [0.4, 0.5) is 13.2 Å². The topological polar surface area (TPSA) is 183 Å². The zero-order chi connectivity index (χ0) is 33.6. The second-order valence-corrected chi connectivity index (χ2v) is 12.2. The van der Waals surface area contributed by atoms with Crippen molar-refractivity contribution in [1.82, 2.24) is 10.6 Å². The van der Waals surface area contributed by atoms with Gasteiger partial charge in [0.25, 0.3) is 0 Å². The average Bonchev–Trinajstić information content (AvgIpc) is 3.22. The number of amides is 2. The van der Waals surface area contributed by atoms with E-state index in [2.05, 4.69) is 10.6 Å². The van der Waals surface area contributed by atoms with Crippen LogP contribution in [-0.2, 0) is 43.7 Å². The number of hydrogen-bond donors (Lipinski definition) is 6. The van der Waals surface area contributed by atoms with Crippen molar-refractivity contribution in [1.29, 1.82) is 0 Å². The first kappa shape index (κ1) is 36.2. The van der Waals surface area contributed by atoms with E-state index in [0.717, 1.165) is 28.7 Å². The fourth-order valence-corrected chi connectivity index (χ4v) is 5.26. The molecular weight excluding hydrogens is 590 g/mol. The minimum absolute atomic E-state index is 0.00122. The summed E-state index contributed by atoms with van der Waals surface area (Å²) in [5.41, 5.74) is 17.6. The fourth-order valence-electron chi connectivity index (χ4n) is 5.26. The lowest BCUT2D eigenvalue weighted by Crippen LogP contribution is -2.53. The number of rotatable bonds is 15. The van der Waals surface area contributed by atoms with Crippen LogP contribution in [0.2, 0.25) is 6.82 Å². The molecule has 2 amide bonds. The predicted molar refractivity (Wildman–Crippen MR) is 165 cm³/mol. The molecule has 1 aliphatic heterocycles. The van der Waals surface area contributed by atoms with Crippen LogP contribution in [0.3, 0.4) is 0 Å². The van der Waals surface area contributed by atoms with Gasteiger partial charge in [-0.3, -0.25) is 14.4 Å². The molecule has 0 unspecified atom stereocenters. The maximum absolute atomic E-state index is 13.5. The van der Waals surface area contributed by atoms with Gasteiger partial charge in [0.15, 0.2) is 5.78 Å². The third-order valence-corrected chi connectivity index (χ3v) is 8.15. The largest absolute Gasteiger partial charge is 0.422 e. The van der Waals surface area contributed by atoms with E-state index < -0.39 is 46.8 Å². The summed E-state index contributed by atoms with van der Waals surface area (Å²) >= 11 is 0. The molecule has 9 N–H and O–H groups in total. The molecule has 2 aromatic rings. The van der Waals surface area contributed by atoms with Gasteiger partial charge < -0.3 is 37.6 Å². The van der Waals surface area contributed by atoms with Crippen molar-refractivity contribution in [3.8, 4) is 0 Å². The van der Waals surface area contributed by atoms with Crippen LogP contribution >= 0.6 is 0 Å². The van der Waals surface area contributed by atoms with Crippen LogP contribution in [0, 0.1) is 0 Å². The number of halogens is 3. The smallest absolute Gasteiger partial charge is 0.416 e. The summed E-state index contributed by atoms with van der Waals surface area (Å²) < 4.78 is 45.0. The number of carbonyl (C=O) groups is 3. The zero-order valence-electron chi connectivity index (χ0n) is 25.9. The van der Waals surface area contributed by atoms with E-state index in [4.69, 9.17) is 21.9 Å². The molecule has 2 aromatic carbocycles. The molecule has 0 spiro atoms. The molecule has 0 bridgehead atoms. The summed E-state index contributed by atoms with van der Waals surface area (Å²) in [6.45, 7) is 5.26. The summed E-state index contributed by atoms with van der Waals surface area (Å²) in [4.78, 5) is 38.8. The van der Waals surface area contributed by atoms with Crippen LogP contribution < -0.4 is 33.3 Å². The number of alkyl halides is 3. The minimum atomic E-state index is -4.47. The molecule has 0 aromatic heterocycles. The van der Waals surface area contributed by atoms with Crippen molar-refractivity contribution in [2.45, 2.75) is 82.2 Å². The number of ketones is 1. The molecule has 246 valence electrons. The second-order valence-electron chi connectivity index (χ2n) is 12.2. The molecule has 2 atom stereocenters. The maximum Gasteiger partial charge on any atom is 0.416 e. The van der Waals surface area contributed by atoms with Crippen molar-refractivity contribution < 1.29 is 37.3 Å². The average molecular weight is 634 g/mol. The van der Waals surface area contributed by atoms with Gasteiger partial charge in [-0.25, -0.2) is 0 Å². The van der Waals surface area contributed by atoms with Gasteiger partial charge in [-0.15, -0.1) is 0 Å². The van der Waals surface area contributed by atoms with E-state index >= 15 is 0 Å². The Kier molecular flexibility index (Phi) is 11.9. The third kappa shape index (κ3) is 9.84. The number of hydrogen-bond acceptors (Lipinski definition) is 8. The molecule has 14 heteroatoms. The molecule has 1 aliphatic rings. The van der Waals surface area contributed by atoms with E-state index in [-0.39, 0.29) is 64.4 Å². The Bertz CT molecular complexity index is 1350. The standard InChI is InChI=1S/C31H43BF3N5O5/c1-29(2)22-10-6-20(14-23(22)32(3)45-29)15-26(41)25(12-7-19-4-8-21(9-5-19)31(33,34)35)40-28(43)24(38)11-13-27(42)39-18-30(44,16-36)17-37/h4-6,8-10,14,24-25,44H,7,11-13,15-18,36-38H2,1-3H3,(H,39,42)(H,40,43)/t24-,25+/m0/s1. The van der Waals surface area contributed by atoms with Crippen molar-refractivity contribution >= 4 is 30.0 Å². The Hall–Kier alpha value is -3.30. The molecule has 0 saturated heterocycles. The number of aliphatic hydroxyl groups is 1. The SMILES string of the molecule is CB1OC(C)(C)c2ccc(CC(=O)[C@@H](CCc3ccc(C(F)(F)F)cc3)NC(=O)[C@@H](N)CCC(=O)NCC(O)(CN)CN)cc21. The van der Waals surface area contributed by atoms with Gasteiger partial charge in [0.2, 0.25) is 11.8 Å². The number of fused-ring (bicyclic) bond motifs is 1. The Morgan fingerprint density at radius 3 is 2.24 bits per heavy atom. The lowest BCUT2D eigenvalue weighted by Gasteiger charge is -2.25. The summed E-state index contributed by atoms with van der Waals surface area (Å²) in [5, 5.41) is 15.3. The molecule has 45 heavy (non-hydrogen) atoms. The molecule has 10 nitrogen and oxygen atoms in total. The lowest BCUT2D eigenvalue weighted by atomic mass is 9.63. The Balaban J connectivity index is 1.68. The van der Waals surface area contributed by atoms with Crippen molar-refractivity contribution in [3.63, 3.8) is 0 Å². The first-order valence-corrected chi connectivity index (χ1v) is 14.9. The minimum Gasteiger partial charge on any atom is -0.422 e. The zero-order valence-corrected chi connectivity index (χ0v) is 25.9. The maximum atomic E-state index is 13.5. The van der Waals surface area contributed by atoms with E-state index in [1.54, 1.807) is 0 Å². The first-order chi connectivity index (χ1) is 21.0. The summed E-state index contributed by atoms with van der Waals surface area (Å²) in [6, 6.07) is 8.22. The number of benzene rings is 2. The number of nitrogens with two attached hydrogens (primary N) is 3. The van der Waals surface area contributed by atoms with Gasteiger partial charge in [-0.2, -0.15) is 13.2 Å². The molecule has 0 aliphatic carbocycles. The highest BCUT2D eigenvalue weighted by Gasteiger charge is 2.38. The molecule has 0 fully saturated rings. The summed E-state index contributed by atoms with van der Waals surface area (Å²) in [5.74, 6) is -1.41. The van der Waals surface area contributed by atoms with Gasteiger partial charge >= 0.3 is 13.1 Å². The van der Waals surface area contributed by atoms with Crippen LogP contribution in [-0.4, -0.2) is 66.9 Å². The normalized spacial score (nSPS) is 15.7. The van der Waals surface area contributed by atoms with Crippen molar-refractivity contribution in [2.75, 3.05) is 19.6 Å². The molecule has 3 rings (SSSR count). The monoisotopic (exact) mass is 633 g/mol. The Labute approximate surface area is 261 Å². The van der Waals surface area contributed by atoms with E-state index in [1.165, 1.54) is 12.1 Å². The van der Waals surface area contributed by atoms with Gasteiger partial charge in [-0.05, 0) is 67.4 Å². The Morgan fingerprint density at radius 1 is 1.02 bits per heavy atom. The van der Waals surface area contributed by atoms with Crippen LogP contribution in [0.15, 0.2) is 42.5 Å². The highest BCUT2D eigenvalue weighted by molar-refractivity contribution is 6.67. The first-order valence-electron chi connectivity index (χ1n) is 14.9. The van der Waals surface area contributed by atoms with Gasteiger partial charge in [0.1, 0.15) is 5.60 Å². The number of carbonyl (C=O) groups excluding carboxylic acids is 3.